The molecule has 0 aliphatic carbocycles. The lowest BCUT2D eigenvalue weighted by molar-refractivity contribution is -0.116. The molecule has 1 aromatic carbocycles. The molecule has 3 aromatic rings. The lowest BCUT2D eigenvalue weighted by Crippen LogP contribution is -2.33. The molecule has 8 heteroatoms. The number of carbonyl (C=O) groups excluding carboxylic acids is 1. The third-order valence-corrected chi connectivity index (χ3v) is 6.18. The fraction of sp³-hybridized carbons (Fsp3) is 0.320. The first-order chi connectivity index (χ1) is 16.0. The molecule has 1 aliphatic heterocycles. The molecule has 2 aromatic heterocycles. The van der Waals surface area contributed by atoms with Crippen LogP contribution in [0.15, 0.2) is 67.0 Å². The maximum absolute atomic E-state index is 12.8. The number of nitrogens with one attached hydrogen (secondary N) is 2. The van der Waals surface area contributed by atoms with Gasteiger partial charge in [-0.15, -0.1) is 0 Å². The van der Waals surface area contributed by atoms with Crippen LogP contribution in [0, 0.1) is 0 Å². The van der Waals surface area contributed by atoms with Gasteiger partial charge in [0.1, 0.15) is 5.75 Å². The monoisotopic (exact) mass is 463 g/mol. The topological polar surface area (TPSA) is 71.4 Å². The Morgan fingerprint density at radius 1 is 1.18 bits per heavy atom. The van der Waals surface area contributed by atoms with Gasteiger partial charge in [0.25, 0.3) is 0 Å². The molecule has 3 heterocycles. The van der Waals surface area contributed by atoms with Gasteiger partial charge in [0.2, 0.25) is 5.91 Å². The van der Waals surface area contributed by atoms with Gasteiger partial charge in [-0.1, -0.05) is 18.2 Å². The van der Waals surface area contributed by atoms with Crippen LogP contribution in [0.2, 0.25) is 0 Å². The molecule has 2 N–H and O–H groups in total. The van der Waals surface area contributed by atoms with Gasteiger partial charge < -0.3 is 24.8 Å². The number of anilines is 1. The van der Waals surface area contributed by atoms with Gasteiger partial charge in [-0.3, -0.25) is 9.78 Å². The van der Waals surface area contributed by atoms with Crippen molar-refractivity contribution in [3.8, 4) is 5.75 Å². The Morgan fingerprint density at radius 3 is 2.70 bits per heavy atom. The second-order valence-corrected chi connectivity index (χ2v) is 8.64. The Bertz CT molecular complexity index is 1110. The van der Waals surface area contributed by atoms with E-state index in [-0.39, 0.29) is 24.4 Å². The van der Waals surface area contributed by atoms with Crippen molar-refractivity contribution in [1.82, 2.24) is 19.8 Å². The summed E-state index contributed by atoms with van der Waals surface area (Å²) in [7, 11) is 1.59. The van der Waals surface area contributed by atoms with Crippen molar-refractivity contribution in [3.05, 3.63) is 78.4 Å². The van der Waals surface area contributed by atoms with E-state index in [2.05, 4.69) is 57.3 Å². The van der Waals surface area contributed by atoms with Gasteiger partial charge in [-0.25, -0.2) is 0 Å². The summed E-state index contributed by atoms with van der Waals surface area (Å²) >= 11 is 5.72. The Kier molecular flexibility index (Phi) is 6.93. The number of para-hydroxylation sites is 2. The number of thiocarbonyl (C=S) groups is 1. The minimum Gasteiger partial charge on any atom is -0.495 e. The molecule has 0 bridgehead atoms. The average Bonchev–Trinajstić information content (AvgIpc) is 3.43. The number of hydrogen-bond donors (Lipinski definition) is 2. The minimum absolute atomic E-state index is 0.0798. The molecule has 1 aliphatic rings. The number of amides is 1. The van der Waals surface area contributed by atoms with Gasteiger partial charge in [-0.2, -0.15) is 0 Å². The number of benzene rings is 1. The molecule has 0 saturated carbocycles. The van der Waals surface area contributed by atoms with Crippen LogP contribution in [0.1, 0.15) is 49.8 Å². The highest BCUT2D eigenvalue weighted by Gasteiger charge is 2.41. The van der Waals surface area contributed by atoms with E-state index in [4.69, 9.17) is 17.0 Å². The van der Waals surface area contributed by atoms with E-state index in [1.165, 1.54) is 0 Å². The van der Waals surface area contributed by atoms with Gasteiger partial charge >= 0.3 is 0 Å². The number of aromatic nitrogens is 2. The SMILES string of the molecule is COc1ccccc1NC(=O)CCN1C(=S)N[C@H](c2ccccn2)[C@@H]1c1cccn1C(C)C. The maximum atomic E-state index is 12.8. The summed E-state index contributed by atoms with van der Waals surface area (Å²) in [5.41, 5.74) is 2.71. The quantitative estimate of drug-likeness (QED) is 0.480. The van der Waals surface area contributed by atoms with E-state index >= 15 is 0 Å². The van der Waals surface area contributed by atoms with Crippen molar-refractivity contribution in [2.75, 3.05) is 19.0 Å². The van der Waals surface area contributed by atoms with Crippen molar-refractivity contribution < 1.29 is 9.53 Å². The van der Waals surface area contributed by atoms with Crippen LogP contribution >= 0.6 is 12.2 Å². The number of nitrogens with zero attached hydrogens (tertiary/aromatic N) is 3. The summed E-state index contributed by atoms with van der Waals surface area (Å²) in [6.07, 6.45) is 4.17. The molecular formula is C25H29N5O2S. The first-order valence-corrected chi connectivity index (χ1v) is 11.5. The number of pyridine rings is 1. The third-order valence-electron chi connectivity index (χ3n) is 5.83. The van der Waals surface area contributed by atoms with Crippen molar-refractivity contribution in [3.63, 3.8) is 0 Å². The minimum atomic E-state index is -0.108. The fourth-order valence-corrected chi connectivity index (χ4v) is 4.61. The van der Waals surface area contributed by atoms with E-state index in [0.29, 0.717) is 29.1 Å². The third kappa shape index (κ3) is 4.85. The van der Waals surface area contributed by atoms with Crippen molar-refractivity contribution >= 4 is 28.9 Å². The molecule has 7 nitrogen and oxygen atoms in total. The predicted molar refractivity (Wildman–Crippen MR) is 133 cm³/mol. The molecule has 0 radical (unpaired) electrons. The summed E-state index contributed by atoms with van der Waals surface area (Å²) in [5.74, 6) is 0.536. The van der Waals surface area contributed by atoms with Crippen molar-refractivity contribution in [2.24, 2.45) is 0 Å². The standard InChI is InChI=1S/C25H29N5O2S/c1-17(2)29-15-8-11-20(29)24-23(19-10-6-7-14-26-19)28-25(33)30(24)16-13-22(31)27-18-9-4-5-12-21(18)32-3/h4-12,14-15,17,23-24H,13,16H2,1-3H3,(H,27,31)(H,28,33)/t23-,24+/m1/s1. The Hall–Kier alpha value is -3.39. The second kappa shape index (κ2) is 10.0. The molecule has 33 heavy (non-hydrogen) atoms. The smallest absolute Gasteiger partial charge is 0.226 e. The first kappa shape index (κ1) is 22.8. The van der Waals surface area contributed by atoms with Crippen LogP contribution in [0.4, 0.5) is 5.69 Å². The molecule has 2 atom stereocenters. The van der Waals surface area contributed by atoms with Gasteiger partial charge in [0.05, 0.1) is 30.6 Å². The number of hydrogen-bond acceptors (Lipinski definition) is 4. The molecule has 0 spiro atoms. The largest absolute Gasteiger partial charge is 0.495 e. The lowest BCUT2D eigenvalue weighted by Gasteiger charge is -2.29. The van der Waals surface area contributed by atoms with Crippen LogP contribution in [0.5, 0.6) is 5.75 Å². The Balaban J connectivity index is 1.57. The summed E-state index contributed by atoms with van der Waals surface area (Å²) in [5, 5.41) is 7.02. The molecule has 0 unspecified atom stereocenters. The highest BCUT2D eigenvalue weighted by atomic mass is 32.1. The van der Waals surface area contributed by atoms with Crippen molar-refractivity contribution in [1.29, 1.82) is 0 Å². The highest BCUT2D eigenvalue weighted by molar-refractivity contribution is 7.80. The summed E-state index contributed by atoms with van der Waals surface area (Å²) in [4.78, 5) is 19.5. The molecule has 172 valence electrons. The van der Waals surface area contributed by atoms with Crippen LogP contribution in [0.25, 0.3) is 0 Å². The second-order valence-electron chi connectivity index (χ2n) is 8.25. The summed E-state index contributed by atoms with van der Waals surface area (Å²) < 4.78 is 7.59. The zero-order valence-corrected chi connectivity index (χ0v) is 19.9. The Morgan fingerprint density at radius 2 is 1.97 bits per heavy atom. The lowest BCUT2D eigenvalue weighted by atomic mass is 10.0. The first-order valence-electron chi connectivity index (χ1n) is 11.1. The molecule has 4 rings (SSSR count). The average molecular weight is 464 g/mol. The molecule has 1 fully saturated rings. The van der Waals surface area contributed by atoms with Crippen LogP contribution < -0.4 is 15.4 Å². The van der Waals surface area contributed by atoms with Gasteiger partial charge in [-0.05, 0) is 62.5 Å². The van der Waals surface area contributed by atoms with Gasteiger partial charge in [0.15, 0.2) is 5.11 Å². The zero-order chi connectivity index (χ0) is 23.4. The normalized spacial score (nSPS) is 17.8. The fourth-order valence-electron chi connectivity index (χ4n) is 4.28. The van der Waals surface area contributed by atoms with Crippen molar-refractivity contribution in [2.45, 2.75) is 38.4 Å². The van der Waals surface area contributed by atoms with E-state index in [0.717, 1.165) is 11.4 Å². The van der Waals surface area contributed by atoms with E-state index in [9.17, 15) is 4.79 Å². The summed E-state index contributed by atoms with van der Waals surface area (Å²) in [6, 6.07) is 17.6. The van der Waals surface area contributed by atoms with Crippen LogP contribution in [-0.4, -0.2) is 39.1 Å². The van der Waals surface area contributed by atoms with Crippen LogP contribution in [0.3, 0.4) is 0 Å². The van der Waals surface area contributed by atoms with Crippen LogP contribution in [-0.2, 0) is 4.79 Å². The zero-order valence-electron chi connectivity index (χ0n) is 19.1. The highest BCUT2D eigenvalue weighted by Crippen LogP contribution is 2.39. The van der Waals surface area contributed by atoms with E-state index in [1.54, 1.807) is 13.3 Å². The number of ether oxygens (including phenoxy) is 1. The number of rotatable bonds is 8. The predicted octanol–water partition coefficient (Wildman–Crippen LogP) is 4.47. The van der Waals surface area contributed by atoms with E-state index < -0.39 is 0 Å². The Labute approximate surface area is 199 Å². The number of methoxy groups -OCH3 is 1. The maximum Gasteiger partial charge on any atom is 0.226 e. The number of carbonyl (C=O) groups is 1. The molecule has 1 amide bonds. The summed E-state index contributed by atoms with van der Waals surface area (Å²) in [6.45, 7) is 4.79. The van der Waals surface area contributed by atoms with Gasteiger partial charge in [0, 0.05) is 37.1 Å². The van der Waals surface area contributed by atoms with E-state index in [1.807, 2.05) is 42.5 Å². The molecule has 1 saturated heterocycles. The molecular weight excluding hydrogens is 434 g/mol.